The van der Waals surface area contributed by atoms with Crippen LogP contribution in [-0.4, -0.2) is 22.5 Å². The molecule has 0 amide bonds. The molecule has 2 N–H and O–H groups in total. The highest BCUT2D eigenvalue weighted by molar-refractivity contribution is 6.22. The Kier molecular flexibility index (Phi) is 3.77. The van der Waals surface area contributed by atoms with E-state index >= 15 is 0 Å². The number of anilines is 1. The monoisotopic (exact) mass is 213 g/mol. The van der Waals surface area contributed by atoms with Crippen LogP contribution in [0.15, 0.2) is 30.3 Å². The van der Waals surface area contributed by atoms with E-state index in [1.54, 1.807) is 19.1 Å². The number of nitrogens with one attached hydrogen (secondary N) is 1. The molecule has 4 heteroatoms. The Morgan fingerprint density at radius 1 is 1.43 bits per heavy atom. The number of alkyl halides is 1. The second kappa shape index (κ2) is 4.86. The van der Waals surface area contributed by atoms with Crippen molar-refractivity contribution in [3.8, 4) is 0 Å². The van der Waals surface area contributed by atoms with Gasteiger partial charge in [0, 0.05) is 5.69 Å². The van der Waals surface area contributed by atoms with Crippen molar-refractivity contribution >= 4 is 23.3 Å². The summed E-state index contributed by atoms with van der Waals surface area (Å²) in [5.74, 6) is -0.948. The summed E-state index contributed by atoms with van der Waals surface area (Å²) in [6.45, 7) is 1.65. The average Bonchev–Trinajstić information content (AvgIpc) is 2.15. The first-order valence-electron chi connectivity index (χ1n) is 4.29. The van der Waals surface area contributed by atoms with Gasteiger partial charge in [0.2, 0.25) is 0 Å². The highest BCUT2D eigenvalue weighted by Crippen LogP contribution is 2.11. The quantitative estimate of drug-likeness (QED) is 0.754. The summed E-state index contributed by atoms with van der Waals surface area (Å²) in [7, 11) is 0. The number of rotatable bonds is 4. The van der Waals surface area contributed by atoms with Gasteiger partial charge in [-0.25, -0.2) is 4.79 Å². The van der Waals surface area contributed by atoms with Crippen molar-refractivity contribution in [3.05, 3.63) is 30.3 Å². The van der Waals surface area contributed by atoms with Crippen molar-refractivity contribution in [3.63, 3.8) is 0 Å². The summed E-state index contributed by atoms with van der Waals surface area (Å²) in [5.41, 5.74) is 0.757. The van der Waals surface area contributed by atoms with E-state index in [0.29, 0.717) is 0 Å². The second-order valence-electron chi connectivity index (χ2n) is 3.00. The van der Waals surface area contributed by atoms with Crippen molar-refractivity contribution < 1.29 is 9.90 Å². The van der Waals surface area contributed by atoms with Gasteiger partial charge in [-0.15, -0.1) is 11.6 Å². The van der Waals surface area contributed by atoms with E-state index < -0.39 is 17.4 Å². The molecule has 0 aliphatic heterocycles. The third-order valence-electron chi connectivity index (χ3n) is 1.82. The summed E-state index contributed by atoms with van der Waals surface area (Å²) in [6.07, 6.45) is 0. The summed E-state index contributed by atoms with van der Waals surface area (Å²) in [4.78, 5) is 10.8. The van der Waals surface area contributed by atoms with Gasteiger partial charge >= 0.3 is 5.97 Å². The molecule has 0 spiro atoms. The molecule has 3 nitrogen and oxygen atoms in total. The van der Waals surface area contributed by atoms with E-state index in [1.807, 2.05) is 18.2 Å². The van der Waals surface area contributed by atoms with Crippen molar-refractivity contribution in [2.45, 2.75) is 18.3 Å². The maximum absolute atomic E-state index is 10.8. The van der Waals surface area contributed by atoms with E-state index in [9.17, 15) is 4.79 Å². The maximum Gasteiger partial charge on any atom is 0.327 e. The third kappa shape index (κ3) is 2.92. The normalized spacial score (nSPS) is 14.4. The second-order valence-corrected chi connectivity index (χ2v) is 3.69. The first kappa shape index (κ1) is 10.9. The number of halogens is 1. The van der Waals surface area contributed by atoms with Gasteiger partial charge in [0.25, 0.3) is 0 Å². The van der Waals surface area contributed by atoms with Crippen LogP contribution in [0.4, 0.5) is 5.69 Å². The first-order valence-corrected chi connectivity index (χ1v) is 4.73. The Morgan fingerprint density at radius 2 is 2.00 bits per heavy atom. The number of carbonyl (C=O) groups is 1. The number of para-hydroxylation sites is 1. The zero-order chi connectivity index (χ0) is 10.6. The van der Waals surface area contributed by atoms with Crippen LogP contribution in [0, 0.1) is 0 Å². The van der Waals surface area contributed by atoms with Crippen LogP contribution >= 0.6 is 11.6 Å². The SMILES string of the molecule is CC(Cl)C(Nc1ccccc1)C(=O)O. The summed E-state index contributed by atoms with van der Waals surface area (Å²) in [6, 6.07) is 8.37. The Labute approximate surface area is 87.7 Å². The minimum absolute atomic E-state index is 0.465. The minimum atomic E-state index is -0.948. The van der Waals surface area contributed by atoms with Crippen molar-refractivity contribution in [2.24, 2.45) is 0 Å². The molecule has 76 valence electrons. The van der Waals surface area contributed by atoms with Crippen LogP contribution in [0.25, 0.3) is 0 Å². The van der Waals surface area contributed by atoms with Crippen LogP contribution in [0.2, 0.25) is 0 Å². The minimum Gasteiger partial charge on any atom is -0.480 e. The molecule has 1 aromatic rings. The molecule has 0 aromatic heterocycles. The molecule has 0 aliphatic carbocycles. The summed E-state index contributed by atoms with van der Waals surface area (Å²) in [5, 5.41) is 11.2. The lowest BCUT2D eigenvalue weighted by molar-refractivity contribution is -0.137. The largest absolute Gasteiger partial charge is 0.480 e. The molecule has 1 rings (SSSR count). The zero-order valence-corrected chi connectivity index (χ0v) is 8.53. The highest BCUT2D eigenvalue weighted by atomic mass is 35.5. The lowest BCUT2D eigenvalue weighted by Gasteiger charge is -2.17. The van der Waals surface area contributed by atoms with Crippen LogP contribution in [-0.2, 0) is 4.79 Å². The molecular weight excluding hydrogens is 202 g/mol. The van der Waals surface area contributed by atoms with E-state index in [0.717, 1.165) is 5.69 Å². The Bertz CT molecular complexity index is 300. The fourth-order valence-electron chi connectivity index (χ4n) is 1.09. The lowest BCUT2D eigenvalue weighted by atomic mass is 10.2. The number of carboxylic acids is 1. The topological polar surface area (TPSA) is 49.3 Å². The van der Waals surface area contributed by atoms with Gasteiger partial charge in [-0.2, -0.15) is 0 Å². The Morgan fingerprint density at radius 3 is 2.43 bits per heavy atom. The van der Waals surface area contributed by atoms with Crippen molar-refractivity contribution in [1.29, 1.82) is 0 Å². The first-order chi connectivity index (χ1) is 6.61. The highest BCUT2D eigenvalue weighted by Gasteiger charge is 2.22. The van der Waals surface area contributed by atoms with E-state index in [4.69, 9.17) is 16.7 Å². The standard InChI is InChI=1S/C10H12ClNO2/c1-7(11)9(10(13)14)12-8-5-3-2-4-6-8/h2-7,9,12H,1H3,(H,13,14). The van der Waals surface area contributed by atoms with E-state index in [-0.39, 0.29) is 0 Å². The Balaban J connectivity index is 2.70. The van der Waals surface area contributed by atoms with Crippen LogP contribution in [0.5, 0.6) is 0 Å². The van der Waals surface area contributed by atoms with E-state index in [1.165, 1.54) is 0 Å². The molecule has 1 aromatic carbocycles. The fraction of sp³-hybridized carbons (Fsp3) is 0.300. The molecule has 2 unspecified atom stereocenters. The molecule has 0 bridgehead atoms. The van der Waals surface area contributed by atoms with Gasteiger partial charge in [-0.1, -0.05) is 18.2 Å². The Hall–Kier alpha value is -1.22. The number of carboxylic acid groups (broad SMARTS) is 1. The van der Waals surface area contributed by atoms with Gasteiger partial charge in [-0.3, -0.25) is 0 Å². The van der Waals surface area contributed by atoms with Crippen LogP contribution < -0.4 is 5.32 Å². The lowest BCUT2D eigenvalue weighted by Crippen LogP contribution is -2.36. The maximum atomic E-state index is 10.8. The third-order valence-corrected chi connectivity index (χ3v) is 2.07. The smallest absolute Gasteiger partial charge is 0.327 e. The van der Waals surface area contributed by atoms with Crippen LogP contribution in [0.1, 0.15) is 6.92 Å². The fourth-order valence-corrected chi connectivity index (χ4v) is 1.26. The van der Waals surface area contributed by atoms with Gasteiger partial charge in [-0.05, 0) is 19.1 Å². The van der Waals surface area contributed by atoms with Crippen molar-refractivity contribution in [1.82, 2.24) is 0 Å². The molecule has 0 aliphatic rings. The number of hydrogen-bond donors (Lipinski definition) is 2. The van der Waals surface area contributed by atoms with Gasteiger partial charge in [0.15, 0.2) is 0 Å². The predicted molar refractivity (Wildman–Crippen MR) is 56.8 cm³/mol. The number of benzene rings is 1. The molecule has 14 heavy (non-hydrogen) atoms. The number of aliphatic carboxylic acids is 1. The molecular formula is C10H12ClNO2. The van der Waals surface area contributed by atoms with Crippen molar-refractivity contribution in [2.75, 3.05) is 5.32 Å². The molecule has 0 fully saturated rings. The number of hydrogen-bond acceptors (Lipinski definition) is 2. The summed E-state index contributed by atoms with van der Waals surface area (Å²) < 4.78 is 0. The van der Waals surface area contributed by atoms with Gasteiger partial charge in [0.1, 0.15) is 6.04 Å². The molecule has 2 atom stereocenters. The van der Waals surface area contributed by atoms with Crippen LogP contribution in [0.3, 0.4) is 0 Å². The summed E-state index contributed by atoms with van der Waals surface area (Å²) >= 11 is 5.75. The molecule has 0 saturated heterocycles. The molecule has 0 saturated carbocycles. The molecule has 0 heterocycles. The van der Waals surface area contributed by atoms with Gasteiger partial charge < -0.3 is 10.4 Å². The van der Waals surface area contributed by atoms with Gasteiger partial charge in [0.05, 0.1) is 5.38 Å². The molecule has 0 radical (unpaired) electrons. The average molecular weight is 214 g/mol. The zero-order valence-electron chi connectivity index (χ0n) is 7.77. The van der Waals surface area contributed by atoms with E-state index in [2.05, 4.69) is 5.32 Å². The predicted octanol–water partition coefficient (Wildman–Crippen LogP) is 2.18.